The molecule has 0 fully saturated rings. The maximum absolute atomic E-state index is 6.11. The molecule has 2 aromatic rings. The van der Waals surface area contributed by atoms with E-state index in [0.717, 1.165) is 12.0 Å². The summed E-state index contributed by atoms with van der Waals surface area (Å²) in [6.07, 6.45) is 4.24. The predicted molar refractivity (Wildman–Crippen MR) is 68.5 cm³/mol. The molecule has 0 spiro atoms. The maximum atomic E-state index is 6.11. The van der Waals surface area contributed by atoms with Crippen molar-refractivity contribution in [1.29, 1.82) is 0 Å². The molecule has 3 heteroatoms. The van der Waals surface area contributed by atoms with Gasteiger partial charge in [-0.05, 0) is 58.3 Å². The molecule has 0 aliphatic carbocycles. The van der Waals surface area contributed by atoms with Crippen LogP contribution in [-0.4, -0.2) is 0 Å². The van der Waals surface area contributed by atoms with E-state index in [1.165, 1.54) is 9.13 Å². The summed E-state index contributed by atoms with van der Waals surface area (Å²) in [6, 6.07) is 10.3. The van der Waals surface area contributed by atoms with Crippen LogP contribution in [-0.2, 0) is 6.42 Å². The fraction of sp³-hybridized carbons (Fsp3) is 0.167. The molecule has 2 nitrogen and oxygen atoms in total. The van der Waals surface area contributed by atoms with Crippen LogP contribution in [0.1, 0.15) is 17.2 Å². The summed E-state index contributed by atoms with van der Waals surface area (Å²) in [7, 11) is 0. The van der Waals surface area contributed by atoms with Gasteiger partial charge in [0.1, 0.15) is 0 Å². The lowest BCUT2D eigenvalue weighted by Crippen LogP contribution is -2.12. The smallest absolute Gasteiger partial charge is 0.0935 e. The molecule has 1 unspecified atom stereocenters. The van der Waals surface area contributed by atoms with Crippen molar-refractivity contribution in [3.8, 4) is 0 Å². The van der Waals surface area contributed by atoms with Crippen LogP contribution in [0.5, 0.6) is 0 Å². The zero-order valence-electron chi connectivity index (χ0n) is 8.19. The lowest BCUT2D eigenvalue weighted by Gasteiger charge is -2.10. The van der Waals surface area contributed by atoms with E-state index < -0.39 is 0 Å². The SMILES string of the molecule is NC(Cc1ccoc1)c1cccc(I)c1. The van der Waals surface area contributed by atoms with Crippen LogP contribution in [0.3, 0.4) is 0 Å². The Balaban J connectivity index is 2.11. The van der Waals surface area contributed by atoms with Crippen LogP contribution in [0.4, 0.5) is 0 Å². The molecule has 2 rings (SSSR count). The fourth-order valence-corrected chi connectivity index (χ4v) is 2.08. The van der Waals surface area contributed by atoms with Gasteiger partial charge in [-0.15, -0.1) is 0 Å². The fourth-order valence-electron chi connectivity index (χ4n) is 1.52. The van der Waals surface area contributed by atoms with Gasteiger partial charge in [0.25, 0.3) is 0 Å². The Morgan fingerprint density at radius 1 is 1.33 bits per heavy atom. The van der Waals surface area contributed by atoms with Crippen molar-refractivity contribution in [2.24, 2.45) is 5.73 Å². The first kappa shape index (κ1) is 10.7. The molecule has 0 amide bonds. The normalized spacial score (nSPS) is 12.7. The van der Waals surface area contributed by atoms with E-state index in [9.17, 15) is 0 Å². The quantitative estimate of drug-likeness (QED) is 0.884. The Hall–Kier alpha value is -0.810. The van der Waals surface area contributed by atoms with Crippen LogP contribution in [0, 0.1) is 3.57 Å². The number of furan rings is 1. The van der Waals surface area contributed by atoms with Crippen molar-refractivity contribution in [3.05, 3.63) is 57.6 Å². The first-order valence-electron chi connectivity index (χ1n) is 4.78. The van der Waals surface area contributed by atoms with Gasteiger partial charge in [-0.2, -0.15) is 0 Å². The summed E-state index contributed by atoms with van der Waals surface area (Å²) in [5.41, 5.74) is 8.42. The second kappa shape index (κ2) is 4.81. The molecule has 0 bridgehead atoms. The van der Waals surface area contributed by atoms with Crippen molar-refractivity contribution in [2.45, 2.75) is 12.5 Å². The van der Waals surface area contributed by atoms with E-state index in [1.54, 1.807) is 12.5 Å². The minimum absolute atomic E-state index is 0.0392. The van der Waals surface area contributed by atoms with Crippen molar-refractivity contribution in [1.82, 2.24) is 0 Å². The number of nitrogens with two attached hydrogens (primary N) is 1. The molecular formula is C12H12INO. The number of hydrogen-bond acceptors (Lipinski definition) is 2. The van der Waals surface area contributed by atoms with E-state index in [4.69, 9.17) is 10.2 Å². The zero-order chi connectivity index (χ0) is 10.7. The van der Waals surface area contributed by atoms with E-state index in [0.29, 0.717) is 0 Å². The van der Waals surface area contributed by atoms with Gasteiger partial charge < -0.3 is 10.2 Å². The second-order valence-corrected chi connectivity index (χ2v) is 4.74. The lowest BCUT2D eigenvalue weighted by molar-refractivity contribution is 0.561. The molecule has 1 atom stereocenters. The van der Waals surface area contributed by atoms with E-state index >= 15 is 0 Å². The van der Waals surface area contributed by atoms with Crippen LogP contribution in [0.15, 0.2) is 47.3 Å². The second-order valence-electron chi connectivity index (χ2n) is 3.50. The Labute approximate surface area is 103 Å². The number of halogens is 1. The maximum Gasteiger partial charge on any atom is 0.0935 e. The summed E-state index contributed by atoms with van der Waals surface area (Å²) in [5, 5.41) is 0. The van der Waals surface area contributed by atoms with Crippen molar-refractivity contribution in [3.63, 3.8) is 0 Å². The van der Waals surface area contributed by atoms with Crippen LogP contribution in [0.2, 0.25) is 0 Å². The number of benzene rings is 1. The third-order valence-corrected chi connectivity index (χ3v) is 2.98. The predicted octanol–water partition coefficient (Wildman–Crippen LogP) is 3.13. The van der Waals surface area contributed by atoms with E-state index in [1.807, 2.05) is 12.1 Å². The lowest BCUT2D eigenvalue weighted by atomic mass is 10.0. The summed E-state index contributed by atoms with van der Waals surface area (Å²) in [6.45, 7) is 0. The minimum atomic E-state index is 0.0392. The summed E-state index contributed by atoms with van der Waals surface area (Å²) in [4.78, 5) is 0. The summed E-state index contributed by atoms with van der Waals surface area (Å²) >= 11 is 2.29. The van der Waals surface area contributed by atoms with Gasteiger partial charge >= 0.3 is 0 Å². The van der Waals surface area contributed by atoms with Crippen LogP contribution < -0.4 is 5.73 Å². The zero-order valence-corrected chi connectivity index (χ0v) is 10.3. The summed E-state index contributed by atoms with van der Waals surface area (Å²) < 4.78 is 6.23. The Kier molecular flexibility index (Phi) is 3.43. The minimum Gasteiger partial charge on any atom is -0.472 e. The highest BCUT2D eigenvalue weighted by Crippen LogP contribution is 2.18. The highest BCUT2D eigenvalue weighted by molar-refractivity contribution is 14.1. The van der Waals surface area contributed by atoms with Crippen molar-refractivity contribution < 1.29 is 4.42 Å². The first-order valence-corrected chi connectivity index (χ1v) is 5.85. The highest BCUT2D eigenvalue weighted by atomic mass is 127. The third-order valence-electron chi connectivity index (χ3n) is 2.31. The van der Waals surface area contributed by atoms with Gasteiger partial charge in [-0.25, -0.2) is 0 Å². The molecule has 1 aromatic heterocycles. The molecule has 0 saturated heterocycles. The first-order chi connectivity index (χ1) is 7.25. The molecular weight excluding hydrogens is 301 g/mol. The largest absolute Gasteiger partial charge is 0.472 e. The van der Waals surface area contributed by atoms with Gasteiger partial charge in [0, 0.05) is 9.61 Å². The molecule has 1 heterocycles. The monoisotopic (exact) mass is 313 g/mol. The molecule has 78 valence electrons. The van der Waals surface area contributed by atoms with Gasteiger partial charge in [-0.1, -0.05) is 12.1 Å². The Morgan fingerprint density at radius 2 is 2.20 bits per heavy atom. The molecule has 0 aliphatic heterocycles. The topological polar surface area (TPSA) is 39.2 Å². The van der Waals surface area contributed by atoms with Gasteiger partial charge in [-0.3, -0.25) is 0 Å². The third kappa shape index (κ3) is 2.82. The van der Waals surface area contributed by atoms with Gasteiger partial charge in [0.2, 0.25) is 0 Å². The molecule has 0 radical (unpaired) electrons. The number of rotatable bonds is 3. The Morgan fingerprint density at radius 3 is 2.87 bits per heavy atom. The Bertz CT molecular complexity index is 425. The molecule has 2 N–H and O–H groups in total. The molecule has 15 heavy (non-hydrogen) atoms. The van der Waals surface area contributed by atoms with Crippen LogP contribution in [0.25, 0.3) is 0 Å². The summed E-state index contributed by atoms with van der Waals surface area (Å²) in [5.74, 6) is 0. The average Bonchev–Trinajstić information content (AvgIpc) is 2.70. The number of hydrogen-bond donors (Lipinski definition) is 1. The van der Waals surface area contributed by atoms with Gasteiger partial charge in [0.15, 0.2) is 0 Å². The van der Waals surface area contributed by atoms with Crippen molar-refractivity contribution in [2.75, 3.05) is 0 Å². The van der Waals surface area contributed by atoms with Crippen LogP contribution >= 0.6 is 22.6 Å². The van der Waals surface area contributed by atoms with E-state index in [2.05, 4.69) is 40.8 Å². The average molecular weight is 313 g/mol. The molecule has 0 aliphatic rings. The van der Waals surface area contributed by atoms with Gasteiger partial charge in [0.05, 0.1) is 12.5 Å². The molecule has 0 saturated carbocycles. The van der Waals surface area contributed by atoms with E-state index in [-0.39, 0.29) is 6.04 Å². The molecule has 1 aromatic carbocycles. The van der Waals surface area contributed by atoms with Crippen molar-refractivity contribution >= 4 is 22.6 Å². The standard InChI is InChI=1S/C12H12INO/c13-11-3-1-2-10(7-11)12(14)6-9-4-5-15-8-9/h1-5,7-8,12H,6,14H2. The highest BCUT2D eigenvalue weighted by Gasteiger charge is 2.07.